The van der Waals surface area contributed by atoms with Crippen LogP contribution in [0.25, 0.3) is 0 Å². The third-order valence-corrected chi connectivity index (χ3v) is 2.86. The zero-order chi connectivity index (χ0) is 12.3. The zero-order valence-electron chi connectivity index (χ0n) is 10.6. The van der Waals surface area contributed by atoms with Crippen molar-refractivity contribution in [3.63, 3.8) is 0 Å². The van der Waals surface area contributed by atoms with Gasteiger partial charge in [0.25, 0.3) is 0 Å². The molecule has 1 aliphatic rings. The normalized spacial score (nSPS) is 17.9. The topological polar surface area (TPSA) is 75.3 Å². The molecule has 1 heterocycles. The van der Waals surface area contributed by atoms with Gasteiger partial charge in [0, 0.05) is 0 Å². The summed E-state index contributed by atoms with van der Waals surface area (Å²) >= 11 is 0. The average Bonchev–Trinajstić information content (AvgIpc) is 2.16. The molecule has 0 aromatic heterocycles. The Bertz CT molecular complexity index is 346. The fourth-order valence-corrected chi connectivity index (χ4v) is 1.82. The summed E-state index contributed by atoms with van der Waals surface area (Å²) in [5.41, 5.74) is -0.826. The molecule has 0 aromatic carbocycles. The van der Waals surface area contributed by atoms with Crippen LogP contribution in [0.5, 0.6) is 0 Å². The Morgan fingerprint density at radius 2 is 1.71 bits per heavy atom. The second-order valence-electron chi connectivity index (χ2n) is 4.03. The number of carbonyl (C=O) groups excluding carboxylic acids is 3. The molecule has 0 aliphatic carbocycles. The van der Waals surface area contributed by atoms with Crippen LogP contribution in [0.1, 0.15) is 33.1 Å². The van der Waals surface area contributed by atoms with Crippen LogP contribution in [0.2, 0.25) is 0 Å². The van der Waals surface area contributed by atoms with Crippen LogP contribution in [-0.2, 0) is 9.59 Å². The number of rotatable bonds is 4. The van der Waals surface area contributed by atoms with Gasteiger partial charge >= 0.3 is 35.6 Å². The summed E-state index contributed by atoms with van der Waals surface area (Å²) in [5.74, 6) is -1.13. The second kappa shape index (κ2) is 6.33. The van der Waals surface area contributed by atoms with Gasteiger partial charge in [-0.15, -0.1) is 0 Å². The van der Waals surface area contributed by atoms with Gasteiger partial charge in [-0.3, -0.25) is 20.2 Å². The number of urea groups is 1. The summed E-state index contributed by atoms with van der Waals surface area (Å²) in [6.07, 6.45) is 1.97. The number of nitrogens with one attached hydrogen (secondary N) is 2. The minimum Gasteiger partial charge on any atom is -0.277 e. The number of barbiturate groups is 1. The third-order valence-electron chi connectivity index (χ3n) is 2.86. The molecule has 0 saturated carbocycles. The Morgan fingerprint density at radius 1 is 1.24 bits per heavy atom. The monoisotopic (exact) mass is 247 g/mol. The largest absolute Gasteiger partial charge is 1.00 e. The SMILES string of the molecule is C=C(C)C1(CCCC)C(=O)NC(=O)NC1=O.[Na+]. The maximum absolute atomic E-state index is 11.8. The summed E-state index contributed by atoms with van der Waals surface area (Å²) in [4.78, 5) is 34.6. The van der Waals surface area contributed by atoms with Crippen molar-refractivity contribution in [3.05, 3.63) is 12.2 Å². The fraction of sp³-hybridized carbons (Fsp3) is 0.545. The molecule has 0 spiro atoms. The summed E-state index contributed by atoms with van der Waals surface area (Å²) < 4.78 is 0. The number of unbranched alkanes of at least 4 members (excludes halogenated alkanes) is 1. The van der Waals surface area contributed by atoms with Crippen LogP contribution in [0.4, 0.5) is 4.79 Å². The summed E-state index contributed by atoms with van der Waals surface area (Å²) in [6, 6.07) is -0.761. The molecule has 0 radical (unpaired) electrons. The molecule has 1 rings (SSSR count). The van der Waals surface area contributed by atoms with Gasteiger partial charge in [0.2, 0.25) is 11.8 Å². The molecule has 17 heavy (non-hydrogen) atoms. The zero-order valence-corrected chi connectivity index (χ0v) is 12.6. The van der Waals surface area contributed by atoms with E-state index in [1.165, 1.54) is 0 Å². The van der Waals surface area contributed by atoms with Crippen LogP contribution in [0.15, 0.2) is 12.2 Å². The first kappa shape index (κ1) is 16.4. The van der Waals surface area contributed by atoms with E-state index in [1.54, 1.807) is 6.92 Å². The summed E-state index contributed by atoms with van der Waals surface area (Å²) in [7, 11) is 0. The smallest absolute Gasteiger partial charge is 0.277 e. The average molecular weight is 247 g/mol. The van der Waals surface area contributed by atoms with Crippen molar-refractivity contribution in [2.24, 2.45) is 5.41 Å². The van der Waals surface area contributed by atoms with Gasteiger partial charge in [-0.25, -0.2) is 4.79 Å². The van der Waals surface area contributed by atoms with Crippen molar-refractivity contribution in [1.82, 2.24) is 10.6 Å². The predicted molar refractivity (Wildman–Crippen MR) is 58.5 cm³/mol. The van der Waals surface area contributed by atoms with Crippen molar-refractivity contribution in [3.8, 4) is 0 Å². The van der Waals surface area contributed by atoms with Crippen LogP contribution in [0.3, 0.4) is 0 Å². The standard InChI is InChI=1S/C11H16N2O3.Na/c1-4-5-6-11(7(2)3)8(14)12-10(16)13-9(11)15;/h2,4-6H2,1,3H3,(H2,12,13,14,15,16);/q;+1. The maximum atomic E-state index is 11.8. The molecule has 88 valence electrons. The molecule has 6 heteroatoms. The quantitative estimate of drug-likeness (QED) is 0.346. The van der Waals surface area contributed by atoms with Crippen molar-refractivity contribution < 1.29 is 43.9 Å². The Hall–Kier alpha value is -0.650. The Balaban J connectivity index is 0.00000256. The molecule has 5 nitrogen and oxygen atoms in total. The maximum Gasteiger partial charge on any atom is 1.00 e. The fourth-order valence-electron chi connectivity index (χ4n) is 1.82. The Labute approximate surface area is 123 Å². The van der Waals surface area contributed by atoms with E-state index in [1.807, 2.05) is 6.92 Å². The predicted octanol–water partition coefficient (Wildman–Crippen LogP) is -1.89. The first-order chi connectivity index (χ1) is 7.45. The molecule has 1 aliphatic heterocycles. The van der Waals surface area contributed by atoms with Gasteiger partial charge in [0.15, 0.2) is 0 Å². The van der Waals surface area contributed by atoms with Gasteiger partial charge in [0.1, 0.15) is 5.41 Å². The number of amides is 4. The van der Waals surface area contributed by atoms with Crippen LogP contribution < -0.4 is 40.2 Å². The summed E-state index contributed by atoms with van der Waals surface area (Å²) in [5, 5.41) is 4.24. The van der Waals surface area contributed by atoms with E-state index in [4.69, 9.17) is 0 Å². The minimum absolute atomic E-state index is 0. The van der Waals surface area contributed by atoms with Crippen molar-refractivity contribution in [2.45, 2.75) is 33.1 Å². The summed E-state index contributed by atoms with van der Waals surface area (Å²) in [6.45, 7) is 7.29. The number of imide groups is 2. The van der Waals surface area contributed by atoms with E-state index in [9.17, 15) is 14.4 Å². The molecular formula is C11H16N2NaO3+. The first-order valence-electron chi connectivity index (χ1n) is 5.28. The second-order valence-corrected chi connectivity index (χ2v) is 4.03. The van der Waals surface area contributed by atoms with E-state index < -0.39 is 23.3 Å². The Morgan fingerprint density at radius 3 is 2.06 bits per heavy atom. The van der Waals surface area contributed by atoms with E-state index >= 15 is 0 Å². The molecule has 0 unspecified atom stereocenters. The number of hydrogen-bond donors (Lipinski definition) is 2. The van der Waals surface area contributed by atoms with Crippen molar-refractivity contribution in [1.29, 1.82) is 0 Å². The van der Waals surface area contributed by atoms with Gasteiger partial charge < -0.3 is 0 Å². The van der Waals surface area contributed by atoms with E-state index in [0.29, 0.717) is 12.0 Å². The van der Waals surface area contributed by atoms with E-state index in [-0.39, 0.29) is 29.6 Å². The van der Waals surface area contributed by atoms with Crippen LogP contribution in [-0.4, -0.2) is 17.8 Å². The molecule has 4 amide bonds. The van der Waals surface area contributed by atoms with Crippen molar-refractivity contribution in [2.75, 3.05) is 0 Å². The number of hydrogen-bond acceptors (Lipinski definition) is 3. The van der Waals surface area contributed by atoms with E-state index in [0.717, 1.165) is 12.8 Å². The van der Waals surface area contributed by atoms with Crippen molar-refractivity contribution >= 4 is 17.8 Å². The van der Waals surface area contributed by atoms with Gasteiger partial charge in [-0.1, -0.05) is 31.9 Å². The van der Waals surface area contributed by atoms with Crippen LogP contribution >= 0.6 is 0 Å². The molecule has 0 bridgehead atoms. The Kier molecular flexibility index (Phi) is 6.09. The molecule has 0 atom stereocenters. The minimum atomic E-state index is -1.29. The molecular weight excluding hydrogens is 231 g/mol. The van der Waals surface area contributed by atoms with Gasteiger partial charge in [-0.2, -0.15) is 0 Å². The molecule has 1 fully saturated rings. The molecule has 2 N–H and O–H groups in total. The van der Waals surface area contributed by atoms with E-state index in [2.05, 4.69) is 17.2 Å². The van der Waals surface area contributed by atoms with Crippen LogP contribution in [0, 0.1) is 5.41 Å². The van der Waals surface area contributed by atoms with Gasteiger partial charge in [0.05, 0.1) is 0 Å². The molecule has 0 aromatic rings. The molecule has 1 saturated heterocycles. The van der Waals surface area contributed by atoms with Gasteiger partial charge in [-0.05, 0) is 13.3 Å². The first-order valence-corrected chi connectivity index (χ1v) is 5.28. The third kappa shape index (κ3) is 2.97. The number of carbonyl (C=O) groups is 3.